The summed E-state index contributed by atoms with van der Waals surface area (Å²) in [5.41, 5.74) is 5.20. The number of H-pyrrole nitrogens is 1. The van der Waals surface area contributed by atoms with Crippen LogP contribution in [0.2, 0.25) is 0 Å². The fourth-order valence-electron chi connectivity index (χ4n) is 6.52. The van der Waals surface area contributed by atoms with Crippen LogP contribution in [-0.2, 0) is 22.0 Å². The molecule has 2 N–H and O–H groups in total. The van der Waals surface area contributed by atoms with Gasteiger partial charge in [0, 0.05) is 54.3 Å². The fourth-order valence-corrected chi connectivity index (χ4v) is 7.96. The smallest absolute Gasteiger partial charge is 0.243 e. The molecule has 4 aromatic rings. The number of sulfonamides is 1. The number of aromatic amines is 1. The predicted octanol–water partition coefficient (Wildman–Crippen LogP) is 4.76. The number of benzene rings is 3. The van der Waals surface area contributed by atoms with E-state index in [9.17, 15) is 13.5 Å². The molecule has 0 aliphatic carbocycles. The van der Waals surface area contributed by atoms with Gasteiger partial charge in [0.1, 0.15) is 5.75 Å². The number of nitrogens with zero attached hydrogens (tertiary/aromatic N) is 2. The lowest BCUT2D eigenvalue weighted by atomic mass is 9.68. The Morgan fingerprint density at radius 3 is 2.41 bits per heavy atom. The maximum Gasteiger partial charge on any atom is 0.243 e. The third-order valence-electron chi connectivity index (χ3n) is 8.58. The van der Waals surface area contributed by atoms with E-state index in [1.807, 2.05) is 49.4 Å². The van der Waals surface area contributed by atoms with Crippen LogP contribution in [0.5, 0.6) is 5.75 Å². The van der Waals surface area contributed by atoms with Crippen molar-refractivity contribution in [3.05, 3.63) is 95.2 Å². The third-order valence-corrected chi connectivity index (χ3v) is 10.5. The highest BCUT2D eigenvalue weighted by molar-refractivity contribution is 7.89. The summed E-state index contributed by atoms with van der Waals surface area (Å²) in [5, 5.41) is 11.7. The van der Waals surface area contributed by atoms with Gasteiger partial charge < -0.3 is 14.8 Å². The Balaban J connectivity index is 1.40. The van der Waals surface area contributed by atoms with Crippen molar-refractivity contribution < 1.29 is 18.3 Å². The van der Waals surface area contributed by atoms with Crippen molar-refractivity contribution in [3.63, 3.8) is 0 Å². The highest BCUT2D eigenvalue weighted by atomic mass is 32.2. The van der Waals surface area contributed by atoms with Gasteiger partial charge in [0.05, 0.1) is 24.7 Å². The standard InChI is InChI=1S/C31H35N3O4S/c1-22-8-11-25(12-9-22)39(36,37)34-16-14-31(15-17-34)21-33(19-23-6-4-3-5-7-23)28(20-35)30-29(31)26-13-10-24(38-2)18-27(26)32-30/h3-13,18,28,32,35H,14-17,19-21H2,1-2H3/t28-/m0/s1. The van der Waals surface area contributed by atoms with Gasteiger partial charge in [-0.3, -0.25) is 4.90 Å². The lowest BCUT2D eigenvalue weighted by Crippen LogP contribution is -2.54. The van der Waals surface area contributed by atoms with Crippen molar-refractivity contribution in [1.29, 1.82) is 0 Å². The van der Waals surface area contributed by atoms with Crippen LogP contribution in [0.4, 0.5) is 0 Å². The molecule has 204 valence electrons. The van der Waals surface area contributed by atoms with Gasteiger partial charge in [0.2, 0.25) is 10.0 Å². The number of aryl methyl sites for hydroxylation is 1. The molecule has 2 aliphatic rings. The van der Waals surface area contributed by atoms with E-state index < -0.39 is 10.0 Å². The Bertz CT molecular complexity index is 1570. The van der Waals surface area contributed by atoms with Crippen molar-refractivity contribution in [2.24, 2.45) is 0 Å². The summed E-state index contributed by atoms with van der Waals surface area (Å²) < 4.78 is 34.2. The minimum Gasteiger partial charge on any atom is -0.497 e. The normalized spacial score (nSPS) is 19.8. The summed E-state index contributed by atoms with van der Waals surface area (Å²) >= 11 is 0. The van der Waals surface area contributed by atoms with E-state index in [4.69, 9.17) is 4.74 Å². The lowest BCUT2D eigenvalue weighted by molar-refractivity contribution is 0.0535. The highest BCUT2D eigenvalue weighted by Gasteiger charge is 2.48. The molecule has 0 radical (unpaired) electrons. The molecule has 0 unspecified atom stereocenters. The Morgan fingerprint density at radius 1 is 1.03 bits per heavy atom. The molecule has 0 amide bonds. The molecule has 1 fully saturated rings. The number of aromatic nitrogens is 1. The monoisotopic (exact) mass is 545 g/mol. The SMILES string of the molecule is COc1ccc2c3c([nH]c2c1)[C@H](CO)N(Cc1ccccc1)CC31CCN(S(=O)(=O)c2ccc(C)cc2)CC1. The predicted molar refractivity (Wildman–Crippen MR) is 152 cm³/mol. The second-order valence-electron chi connectivity index (χ2n) is 10.9. The zero-order valence-electron chi connectivity index (χ0n) is 22.4. The van der Waals surface area contributed by atoms with Crippen LogP contribution in [0.15, 0.2) is 77.7 Å². The first-order chi connectivity index (χ1) is 18.8. The third kappa shape index (κ3) is 4.55. The summed E-state index contributed by atoms with van der Waals surface area (Å²) in [4.78, 5) is 6.34. The zero-order chi connectivity index (χ0) is 27.2. The Hall–Kier alpha value is -3.17. The van der Waals surface area contributed by atoms with Gasteiger partial charge in [-0.05, 0) is 55.2 Å². The molecule has 1 aromatic heterocycles. The van der Waals surface area contributed by atoms with Crippen LogP contribution in [0.25, 0.3) is 10.9 Å². The second kappa shape index (κ2) is 10.1. The minimum atomic E-state index is -3.57. The van der Waals surface area contributed by atoms with Crippen LogP contribution < -0.4 is 4.74 Å². The molecule has 7 nitrogen and oxygen atoms in total. The molecule has 1 saturated heterocycles. The molecule has 2 aliphatic heterocycles. The summed E-state index contributed by atoms with van der Waals surface area (Å²) in [7, 11) is -1.91. The number of rotatable bonds is 6. The first-order valence-corrected chi connectivity index (χ1v) is 14.9. The van der Waals surface area contributed by atoms with E-state index in [2.05, 4.69) is 28.1 Å². The van der Waals surface area contributed by atoms with Gasteiger partial charge in [-0.2, -0.15) is 4.31 Å². The molecular formula is C31H35N3O4S. The van der Waals surface area contributed by atoms with Gasteiger partial charge in [-0.15, -0.1) is 0 Å². The second-order valence-corrected chi connectivity index (χ2v) is 12.8. The number of hydrogen-bond donors (Lipinski definition) is 2. The molecule has 0 bridgehead atoms. The van der Waals surface area contributed by atoms with Crippen molar-refractivity contribution in [2.45, 2.75) is 42.7 Å². The van der Waals surface area contributed by atoms with Crippen LogP contribution >= 0.6 is 0 Å². The molecule has 3 heterocycles. The average Bonchev–Trinajstić information content (AvgIpc) is 3.34. The van der Waals surface area contributed by atoms with Crippen molar-refractivity contribution >= 4 is 20.9 Å². The summed E-state index contributed by atoms with van der Waals surface area (Å²) in [5.74, 6) is 0.774. The molecule has 8 heteroatoms. The molecule has 1 spiro atoms. The Labute approximate surface area is 230 Å². The van der Waals surface area contributed by atoms with Crippen LogP contribution in [-0.4, -0.2) is 61.1 Å². The first-order valence-electron chi connectivity index (χ1n) is 13.5. The zero-order valence-corrected chi connectivity index (χ0v) is 23.2. The fraction of sp³-hybridized carbons (Fsp3) is 0.355. The molecule has 6 rings (SSSR count). The van der Waals surface area contributed by atoms with Crippen LogP contribution in [0.3, 0.4) is 0 Å². The van der Waals surface area contributed by atoms with Gasteiger partial charge in [0.25, 0.3) is 0 Å². The van der Waals surface area contributed by atoms with Crippen molar-refractivity contribution in [2.75, 3.05) is 33.4 Å². The molecule has 39 heavy (non-hydrogen) atoms. The van der Waals surface area contributed by atoms with Gasteiger partial charge in [-0.1, -0.05) is 48.0 Å². The number of methoxy groups -OCH3 is 1. The Morgan fingerprint density at radius 2 is 1.74 bits per heavy atom. The van der Waals surface area contributed by atoms with Crippen molar-refractivity contribution in [3.8, 4) is 5.75 Å². The van der Waals surface area contributed by atoms with Crippen LogP contribution in [0, 0.1) is 6.92 Å². The average molecular weight is 546 g/mol. The number of nitrogens with one attached hydrogen (secondary N) is 1. The van der Waals surface area contributed by atoms with Crippen LogP contribution in [0.1, 0.15) is 41.3 Å². The molecule has 3 aromatic carbocycles. The van der Waals surface area contributed by atoms with Gasteiger partial charge in [0.15, 0.2) is 0 Å². The number of aliphatic hydroxyl groups is 1. The van der Waals surface area contributed by atoms with E-state index in [1.54, 1.807) is 23.5 Å². The largest absolute Gasteiger partial charge is 0.497 e. The summed E-state index contributed by atoms with van der Waals surface area (Å²) in [6.07, 6.45) is 1.40. The van der Waals surface area contributed by atoms with E-state index >= 15 is 0 Å². The lowest BCUT2D eigenvalue weighted by Gasteiger charge is -2.50. The molecule has 1 atom stereocenters. The molecular weight excluding hydrogens is 510 g/mol. The maximum atomic E-state index is 13.5. The number of piperidine rings is 1. The van der Waals surface area contributed by atoms with E-state index in [1.165, 1.54) is 11.1 Å². The summed E-state index contributed by atoms with van der Waals surface area (Å²) in [6.45, 7) is 4.30. The van der Waals surface area contributed by atoms with Gasteiger partial charge in [-0.25, -0.2) is 8.42 Å². The number of ether oxygens (including phenoxy) is 1. The topological polar surface area (TPSA) is 85.9 Å². The van der Waals surface area contributed by atoms with Gasteiger partial charge >= 0.3 is 0 Å². The number of aliphatic hydroxyl groups excluding tert-OH is 1. The van der Waals surface area contributed by atoms with Crippen molar-refractivity contribution in [1.82, 2.24) is 14.2 Å². The van der Waals surface area contributed by atoms with E-state index in [0.29, 0.717) is 37.4 Å². The minimum absolute atomic E-state index is 0.00615. The van der Waals surface area contributed by atoms with E-state index in [-0.39, 0.29) is 18.1 Å². The quantitative estimate of drug-likeness (QED) is 0.365. The molecule has 0 saturated carbocycles. The Kier molecular flexibility index (Phi) is 6.75. The van der Waals surface area contributed by atoms with E-state index in [0.717, 1.165) is 34.5 Å². The number of fused-ring (bicyclic) bond motifs is 4. The first kappa shape index (κ1) is 26.1. The summed E-state index contributed by atoms with van der Waals surface area (Å²) in [6, 6.07) is 23.3. The maximum absolute atomic E-state index is 13.5. The number of hydrogen-bond acceptors (Lipinski definition) is 5. The highest BCUT2D eigenvalue weighted by Crippen LogP contribution is 2.49.